The SMILES string of the molecule is Cc1ccc(S(=O)(=O)N2CCCN(Cc3nccs3)CC2)cc1. The lowest BCUT2D eigenvalue weighted by atomic mass is 10.2. The summed E-state index contributed by atoms with van der Waals surface area (Å²) in [5.74, 6) is 0. The number of thiazole rings is 1. The van der Waals surface area contributed by atoms with Crippen molar-refractivity contribution in [2.75, 3.05) is 26.2 Å². The molecule has 2 aromatic rings. The molecular formula is C16H21N3O2S2. The minimum atomic E-state index is -3.39. The van der Waals surface area contributed by atoms with Crippen LogP contribution in [0.3, 0.4) is 0 Å². The predicted octanol–water partition coefficient (Wildman–Crippen LogP) is 2.35. The largest absolute Gasteiger partial charge is 0.295 e. The Hall–Kier alpha value is -1.28. The summed E-state index contributed by atoms with van der Waals surface area (Å²) in [5.41, 5.74) is 1.06. The highest BCUT2D eigenvalue weighted by Crippen LogP contribution is 2.19. The van der Waals surface area contributed by atoms with Gasteiger partial charge in [-0.1, -0.05) is 17.7 Å². The van der Waals surface area contributed by atoms with Crippen LogP contribution in [0.15, 0.2) is 40.7 Å². The first-order valence-electron chi connectivity index (χ1n) is 7.73. The second-order valence-electron chi connectivity index (χ2n) is 5.77. The topological polar surface area (TPSA) is 53.5 Å². The van der Waals surface area contributed by atoms with Gasteiger partial charge in [0.2, 0.25) is 10.0 Å². The molecular weight excluding hydrogens is 330 g/mol. The Balaban J connectivity index is 1.68. The number of sulfonamides is 1. The van der Waals surface area contributed by atoms with E-state index in [9.17, 15) is 8.42 Å². The molecule has 124 valence electrons. The molecule has 0 N–H and O–H groups in total. The third-order valence-corrected chi connectivity index (χ3v) is 6.73. The Kier molecular flexibility index (Phi) is 5.11. The van der Waals surface area contributed by atoms with Gasteiger partial charge in [0.1, 0.15) is 5.01 Å². The van der Waals surface area contributed by atoms with E-state index in [1.54, 1.807) is 27.8 Å². The molecule has 23 heavy (non-hydrogen) atoms. The molecule has 0 aliphatic carbocycles. The Morgan fingerprint density at radius 3 is 2.61 bits per heavy atom. The van der Waals surface area contributed by atoms with Crippen molar-refractivity contribution in [2.45, 2.75) is 24.8 Å². The molecule has 1 aliphatic rings. The van der Waals surface area contributed by atoms with Crippen LogP contribution in [0.25, 0.3) is 0 Å². The lowest BCUT2D eigenvalue weighted by molar-refractivity contribution is 0.278. The molecule has 0 radical (unpaired) electrons. The number of rotatable bonds is 4. The van der Waals surface area contributed by atoms with E-state index in [1.807, 2.05) is 30.6 Å². The van der Waals surface area contributed by atoms with Gasteiger partial charge in [0.25, 0.3) is 0 Å². The molecule has 3 rings (SSSR count). The molecule has 0 bridgehead atoms. The van der Waals surface area contributed by atoms with Crippen molar-refractivity contribution in [1.29, 1.82) is 0 Å². The fraction of sp³-hybridized carbons (Fsp3) is 0.438. The third-order valence-electron chi connectivity index (χ3n) is 4.05. The van der Waals surface area contributed by atoms with Crippen molar-refractivity contribution in [1.82, 2.24) is 14.2 Å². The normalized spacial score (nSPS) is 18.0. The fourth-order valence-electron chi connectivity index (χ4n) is 2.73. The number of hydrogen-bond acceptors (Lipinski definition) is 5. The lowest BCUT2D eigenvalue weighted by Crippen LogP contribution is -2.35. The van der Waals surface area contributed by atoms with Crippen LogP contribution in [0, 0.1) is 6.92 Å². The summed E-state index contributed by atoms with van der Waals surface area (Å²) in [5, 5.41) is 3.06. The third kappa shape index (κ3) is 3.98. The minimum Gasteiger partial charge on any atom is -0.295 e. The molecule has 1 aromatic heterocycles. The summed E-state index contributed by atoms with van der Waals surface area (Å²) in [7, 11) is -3.39. The number of hydrogen-bond donors (Lipinski definition) is 0. The molecule has 5 nitrogen and oxygen atoms in total. The Bertz CT molecular complexity index is 727. The van der Waals surface area contributed by atoms with Crippen molar-refractivity contribution in [3.63, 3.8) is 0 Å². The van der Waals surface area contributed by atoms with Gasteiger partial charge in [0.05, 0.1) is 11.4 Å². The Labute approximate surface area is 141 Å². The number of benzene rings is 1. The molecule has 1 fully saturated rings. The standard InChI is InChI=1S/C16H21N3O2S2/c1-14-3-5-15(6-4-14)23(20,21)19-9-2-8-18(10-11-19)13-16-17-7-12-22-16/h3-7,12H,2,8-11,13H2,1H3. The fourth-order valence-corrected chi connectivity index (χ4v) is 4.85. The Morgan fingerprint density at radius 1 is 1.13 bits per heavy atom. The van der Waals surface area contributed by atoms with Crippen LogP contribution in [-0.2, 0) is 16.6 Å². The summed E-state index contributed by atoms with van der Waals surface area (Å²) in [6.45, 7) is 5.51. The highest BCUT2D eigenvalue weighted by molar-refractivity contribution is 7.89. The van der Waals surface area contributed by atoms with Gasteiger partial charge in [-0.2, -0.15) is 4.31 Å². The number of aromatic nitrogens is 1. The van der Waals surface area contributed by atoms with Gasteiger partial charge in [-0.25, -0.2) is 13.4 Å². The van der Waals surface area contributed by atoms with Crippen LogP contribution in [0.2, 0.25) is 0 Å². The van der Waals surface area contributed by atoms with Crippen LogP contribution < -0.4 is 0 Å². The van der Waals surface area contributed by atoms with E-state index in [0.717, 1.165) is 36.6 Å². The molecule has 0 atom stereocenters. The maximum atomic E-state index is 12.8. The average molecular weight is 351 g/mol. The van der Waals surface area contributed by atoms with Crippen LogP contribution >= 0.6 is 11.3 Å². The van der Waals surface area contributed by atoms with Crippen molar-refractivity contribution >= 4 is 21.4 Å². The van der Waals surface area contributed by atoms with E-state index in [2.05, 4.69) is 9.88 Å². The monoisotopic (exact) mass is 351 g/mol. The van der Waals surface area contributed by atoms with Gasteiger partial charge >= 0.3 is 0 Å². The minimum absolute atomic E-state index is 0.386. The lowest BCUT2D eigenvalue weighted by Gasteiger charge is -2.21. The van der Waals surface area contributed by atoms with E-state index in [1.165, 1.54) is 0 Å². The summed E-state index contributed by atoms with van der Waals surface area (Å²) >= 11 is 1.64. The molecule has 0 spiro atoms. The van der Waals surface area contributed by atoms with Crippen molar-refractivity contribution in [3.05, 3.63) is 46.4 Å². The summed E-state index contributed by atoms with van der Waals surface area (Å²) < 4.78 is 27.2. The molecule has 0 amide bonds. The van der Waals surface area contributed by atoms with E-state index in [-0.39, 0.29) is 0 Å². The maximum Gasteiger partial charge on any atom is 0.243 e. The smallest absolute Gasteiger partial charge is 0.243 e. The Morgan fingerprint density at radius 2 is 1.91 bits per heavy atom. The van der Waals surface area contributed by atoms with E-state index in [4.69, 9.17) is 0 Å². The van der Waals surface area contributed by atoms with Gasteiger partial charge in [0, 0.05) is 31.2 Å². The van der Waals surface area contributed by atoms with Crippen LogP contribution in [0.5, 0.6) is 0 Å². The van der Waals surface area contributed by atoms with Gasteiger partial charge in [-0.15, -0.1) is 11.3 Å². The first kappa shape index (κ1) is 16.6. The zero-order chi connectivity index (χ0) is 16.3. The molecule has 1 aliphatic heterocycles. The summed E-state index contributed by atoms with van der Waals surface area (Å²) in [6, 6.07) is 7.09. The van der Waals surface area contributed by atoms with Crippen molar-refractivity contribution in [3.8, 4) is 0 Å². The molecule has 1 saturated heterocycles. The zero-order valence-corrected chi connectivity index (χ0v) is 14.8. The van der Waals surface area contributed by atoms with E-state index < -0.39 is 10.0 Å². The molecule has 0 saturated carbocycles. The van der Waals surface area contributed by atoms with Crippen LogP contribution in [-0.4, -0.2) is 48.8 Å². The zero-order valence-electron chi connectivity index (χ0n) is 13.2. The number of aryl methyl sites for hydroxylation is 1. The van der Waals surface area contributed by atoms with Gasteiger partial charge in [0.15, 0.2) is 0 Å². The van der Waals surface area contributed by atoms with Gasteiger partial charge < -0.3 is 0 Å². The molecule has 0 unspecified atom stereocenters. The van der Waals surface area contributed by atoms with E-state index >= 15 is 0 Å². The number of nitrogens with zero attached hydrogens (tertiary/aromatic N) is 3. The first-order valence-corrected chi connectivity index (χ1v) is 10.1. The van der Waals surface area contributed by atoms with Crippen molar-refractivity contribution in [2.24, 2.45) is 0 Å². The van der Waals surface area contributed by atoms with E-state index in [0.29, 0.717) is 18.0 Å². The van der Waals surface area contributed by atoms with Gasteiger partial charge in [-0.3, -0.25) is 4.90 Å². The van der Waals surface area contributed by atoms with Gasteiger partial charge in [-0.05, 0) is 32.0 Å². The molecule has 7 heteroatoms. The maximum absolute atomic E-state index is 12.8. The highest BCUT2D eigenvalue weighted by atomic mass is 32.2. The van der Waals surface area contributed by atoms with Crippen LogP contribution in [0.4, 0.5) is 0 Å². The summed E-state index contributed by atoms with van der Waals surface area (Å²) in [4.78, 5) is 6.98. The summed E-state index contributed by atoms with van der Waals surface area (Å²) in [6.07, 6.45) is 2.66. The second kappa shape index (κ2) is 7.09. The van der Waals surface area contributed by atoms with Crippen LogP contribution in [0.1, 0.15) is 17.0 Å². The molecule has 2 heterocycles. The predicted molar refractivity (Wildman–Crippen MR) is 91.9 cm³/mol. The highest BCUT2D eigenvalue weighted by Gasteiger charge is 2.26. The average Bonchev–Trinajstić information content (AvgIpc) is 2.91. The second-order valence-corrected chi connectivity index (χ2v) is 8.69. The molecule has 1 aromatic carbocycles. The quantitative estimate of drug-likeness (QED) is 0.848. The van der Waals surface area contributed by atoms with Crippen molar-refractivity contribution < 1.29 is 8.42 Å². The first-order chi connectivity index (χ1) is 11.1.